The average molecular weight is 377 g/mol. The van der Waals surface area contributed by atoms with Gasteiger partial charge in [0.2, 0.25) is 0 Å². The van der Waals surface area contributed by atoms with Gasteiger partial charge in [-0.05, 0) is 55.7 Å². The first-order valence-electron chi connectivity index (χ1n) is 9.83. The highest BCUT2D eigenvalue weighted by molar-refractivity contribution is 5.81. The number of fused-ring (bicyclic) bond motifs is 2. The number of aryl methyl sites for hydroxylation is 2. The molecule has 4 rings (SSSR count). The summed E-state index contributed by atoms with van der Waals surface area (Å²) in [6, 6.07) is 18.9. The van der Waals surface area contributed by atoms with Gasteiger partial charge in [0, 0.05) is 22.2 Å². The maximum Gasteiger partial charge on any atom is 0.123 e. The first kappa shape index (κ1) is 21.5. The molecule has 0 bridgehead atoms. The van der Waals surface area contributed by atoms with Crippen LogP contribution in [-0.4, -0.2) is 9.97 Å². The third-order valence-electron chi connectivity index (χ3n) is 4.33. The molecule has 0 radical (unpaired) electrons. The topological polar surface area (TPSA) is 25.8 Å². The number of hydrogen-bond donors (Lipinski definition) is 0. The van der Waals surface area contributed by atoms with Crippen LogP contribution in [0.4, 0.5) is 4.39 Å². The van der Waals surface area contributed by atoms with Crippen LogP contribution in [0.2, 0.25) is 0 Å². The van der Waals surface area contributed by atoms with Crippen LogP contribution in [0.25, 0.3) is 21.8 Å². The van der Waals surface area contributed by atoms with E-state index in [9.17, 15) is 4.39 Å². The summed E-state index contributed by atoms with van der Waals surface area (Å²) in [6.07, 6.45) is 0. The number of para-hydroxylation sites is 1. The van der Waals surface area contributed by atoms with E-state index in [0.29, 0.717) is 5.92 Å². The van der Waals surface area contributed by atoms with Gasteiger partial charge in [-0.3, -0.25) is 9.97 Å². The highest BCUT2D eigenvalue weighted by Crippen LogP contribution is 2.20. The van der Waals surface area contributed by atoms with Crippen LogP contribution >= 0.6 is 0 Å². The molecule has 0 aliphatic carbocycles. The SMILES string of the molecule is CC.Cc1ccc2cc(F)ccc2n1.Cc1cccc2ccc(C(C)C)nc12. The number of hydrogen-bond acceptors (Lipinski definition) is 2. The van der Waals surface area contributed by atoms with Crippen LogP contribution in [0.3, 0.4) is 0 Å². The number of aromatic nitrogens is 2. The van der Waals surface area contributed by atoms with Crippen molar-refractivity contribution in [2.24, 2.45) is 0 Å². The van der Waals surface area contributed by atoms with E-state index in [1.54, 1.807) is 6.07 Å². The van der Waals surface area contributed by atoms with Crippen molar-refractivity contribution >= 4 is 21.8 Å². The number of rotatable bonds is 1. The van der Waals surface area contributed by atoms with Gasteiger partial charge in [0.15, 0.2) is 0 Å². The zero-order chi connectivity index (χ0) is 20.7. The van der Waals surface area contributed by atoms with Crippen LogP contribution in [-0.2, 0) is 0 Å². The first-order valence-corrected chi connectivity index (χ1v) is 9.83. The molecular formula is C25H29FN2. The van der Waals surface area contributed by atoms with E-state index in [-0.39, 0.29) is 5.82 Å². The van der Waals surface area contributed by atoms with Crippen LogP contribution in [0, 0.1) is 19.7 Å². The Morgan fingerprint density at radius 1 is 0.786 bits per heavy atom. The highest BCUT2D eigenvalue weighted by atomic mass is 19.1. The van der Waals surface area contributed by atoms with Gasteiger partial charge in [0.25, 0.3) is 0 Å². The molecule has 0 aliphatic heterocycles. The number of nitrogens with zero attached hydrogens (tertiary/aromatic N) is 2. The Labute approximate surface area is 167 Å². The fourth-order valence-corrected chi connectivity index (χ4v) is 2.83. The molecule has 0 aliphatic rings. The van der Waals surface area contributed by atoms with Crippen molar-refractivity contribution in [3.8, 4) is 0 Å². The summed E-state index contributed by atoms with van der Waals surface area (Å²) in [5.41, 5.74) is 5.36. The third kappa shape index (κ3) is 5.35. The van der Waals surface area contributed by atoms with Gasteiger partial charge in [0.1, 0.15) is 5.82 Å². The van der Waals surface area contributed by atoms with Crippen LogP contribution < -0.4 is 0 Å². The number of halogens is 1. The maximum atomic E-state index is 12.7. The summed E-state index contributed by atoms with van der Waals surface area (Å²) >= 11 is 0. The van der Waals surface area contributed by atoms with Gasteiger partial charge >= 0.3 is 0 Å². The lowest BCUT2D eigenvalue weighted by molar-refractivity contribution is 0.629. The largest absolute Gasteiger partial charge is 0.253 e. The molecule has 2 aromatic carbocycles. The molecule has 0 N–H and O–H groups in total. The summed E-state index contributed by atoms with van der Waals surface area (Å²) in [5.74, 6) is 0.284. The molecule has 0 atom stereocenters. The van der Waals surface area contributed by atoms with E-state index in [4.69, 9.17) is 0 Å². The van der Waals surface area contributed by atoms with Crippen molar-refractivity contribution in [3.05, 3.63) is 83.4 Å². The molecule has 0 amide bonds. The molecule has 2 heterocycles. The Bertz CT molecular complexity index is 1010. The van der Waals surface area contributed by atoms with Crippen molar-refractivity contribution in [3.63, 3.8) is 0 Å². The minimum absolute atomic E-state index is 0.215. The third-order valence-corrected chi connectivity index (χ3v) is 4.33. The number of benzene rings is 2. The molecule has 0 unspecified atom stereocenters. The highest BCUT2D eigenvalue weighted by Gasteiger charge is 2.03. The molecule has 2 aromatic heterocycles. The molecular weight excluding hydrogens is 347 g/mol. The molecule has 0 spiro atoms. The Hall–Kier alpha value is -2.81. The molecule has 0 fully saturated rings. The fraction of sp³-hybridized carbons (Fsp3) is 0.280. The maximum absolute atomic E-state index is 12.7. The smallest absolute Gasteiger partial charge is 0.123 e. The Balaban J connectivity index is 0.000000186. The standard InChI is InChI=1S/C13H15N.C10H8FN.C2H6/c1-9(2)12-8-7-11-6-4-5-10(3)13(11)14-12;1-7-2-3-8-6-9(11)4-5-10(8)12-7;1-2/h4-9H,1-3H3;2-6H,1H3;1-2H3. The quantitative estimate of drug-likeness (QED) is 0.346. The van der Waals surface area contributed by atoms with E-state index in [2.05, 4.69) is 61.1 Å². The zero-order valence-electron chi connectivity index (χ0n) is 17.6. The van der Waals surface area contributed by atoms with Gasteiger partial charge in [-0.2, -0.15) is 0 Å². The molecule has 146 valence electrons. The molecule has 0 saturated heterocycles. The number of pyridine rings is 2. The lowest BCUT2D eigenvalue weighted by Crippen LogP contribution is -1.93. The summed E-state index contributed by atoms with van der Waals surface area (Å²) < 4.78 is 12.7. The second-order valence-electron chi connectivity index (χ2n) is 6.83. The van der Waals surface area contributed by atoms with Gasteiger partial charge in [-0.25, -0.2) is 4.39 Å². The van der Waals surface area contributed by atoms with Crippen molar-refractivity contribution in [2.75, 3.05) is 0 Å². The molecule has 28 heavy (non-hydrogen) atoms. The molecule has 4 aromatic rings. The summed E-state index contributed by atoms with van der Waals surface area (Å²) in [7, 11) is 0. The second-order valence-corrected chi connectivity index (χ2v) is 6.83. The zero-order valence-corrected chi connectivity index (χ0v) is 17.6. The van der Waals surface area contributed by atoms with E-state index in [1.165, 1.54) is 28.8 Å². The summed E-state index contributed by atoms with van der Waals surface area (Å²) in [4.78, 5) is 8.92. The molecule has 2 nitrogen and oxygen atoms in total. The van der Waals surface area contributed by atoms with E-state index in [0.717, 1.165) is 22.1 Å². The fourth-order valence-electron chi connectivity index (χ4n) is 2.83. The Kier molecular flexibility index (Phi) is 7.62. The van der Waals surface area contributed by atoms with Crippen molar-refractivity contribution in [2.45, 2.75) is 47.5 Å². The lowest BCUT2D eigenvalue weighted by Gasteiger charge is -2.07. The minimum atomic E-state index is -0.215. The average Bonchev–Trinajstić information content (AvgIpc) is 2.70. The predicted octanol–water partition coefficient (Wildman–Crippen LogP) is 7.38. The summed E-state index contributed by atoms with van der Waals surface area (Å²) in [6.45, 7) is 12.4. The summed E-state index contributed by atoms with van der Waals surface area (Å²) in [5, 5.41) is 2.08. The van der Waals surface area contributed by atoms with E-state index < -0.39 is 0 Å². The predicted molar refractivity (Wildman–Crippen MR) is 118 cm³/mol. The van der Waals surface area contributed by atoms with Crippen molar-refractivity contribution in [1.82, 2.24) is 9.97 Å². The minimum Gasteiger partial charge on any atom is -0.253 e. The first-order chi connectivity index (χ1) is 13.4. The Morgan fingerprint density at radius 2 is 1.50 bits per heavy atom. The Morgan fingerprint density at radius 3 is 2.21 bits per heavy atom. The van der Waals surface area contributed by atoms with Crippen LogP contribution in [0.5, 0.6) is 0 Å². The van der Waals surface area contributed by atoms with Crippen molar-refractivity contribution < 1.29 is 4.39 Å². The normalized spacial score (nSPS) is 10.3. The monoisotopic (exact) mass is 376 g/mol. The van der Waals surface area contributed by atoms with E-state index in [1.807, 2.05) is 32.9 Å². The molecule has 0 saturated carbocycles. The lowest BCUT2D eigenvalue weighted by atomic mass is 10.1. The van der Waals surface area contributed by atoms with Gasteiger partial charge in [-0.1, -0.05) is 58.0 Å². The van der Waals surface area contributed by atoms with Gasteiger partial charge < -0.3 is 0 Å². The second kappa shape index (κ2) is 9.93. The van der Waals surface area contributed by atoms with E-state index >= 15 is 0 Å². The van der Waals surface area contributed by atoms with Crippen LogP contribution in [0.1, 0.15) is 50.6 Å². The van der Waals surface area contributed by atoms with Crippen molar-refractivity contribution in [1.29, 1.82) is 0 Å². The van der Waals surface area contributed by atoms with Crippen LogP contribution in [0.15, 0.2) is 60.7 Å². The van der Waals surface area contributed by atoms with Gasteiger partial charge in [0.05, 0.1) is 11.0 Å². The van der Waals surface area contributed by atoms with Gasteiger partial charge in [-0.15, -0.1) is 0 Å². The molecule has 3 heteroatoms.